The van der Waals surface area contributed by atoms with E-state index in [0.29, 0.717) is 28.4 Å². The fourth-order valence-corrected chi connectivity index (χ4v) is 2.85. The van der Waals surface area contributed by atoms with Crippen LogP contribution in [0.2, 0.25) is 0 Å². The Hall–Kier alpha value is -2.90. The van der Waals surface area contributed by atoms with Crippen LogP contribution in [0.4, 0.5) is 18.9 Å². The fourth-order valence-electron chi connectivity index (χ4n) is 2.85. The lowest BCUT2D eigenvalue weighted by Crippen LogP contribution is -2.22. The van der Waals surface area contributed by atoms with Crippen LogP contribution in [0, 0.1) is 10.8 Å². The van der Waals surface area contributed by atoms with E-state index < -0.39 is 17.4 Å². The van der Waals surface area contributed by atoms with Gasteiger partial charge in [0.05, 0.1) is 11.2 Å². The summed E-state index contributed by atoms with van der Waals surface area (Å²) in [6, 6.07) is 4.71. The molecule has 0 spiro atoms. The molecule has 0 amide bonds. The van der Waals surface area contributed by atoms with Gasteiger partial charge in [0, 0.05) is 34.6 Å². The third-order valence-electron chi connectivity index (χ3n) is 4.26. The summed E-state index contributed by atoms with van der Waals surface area (Å²) < 4.78 is 38.9. The minimum Gasteiger partial charge on any atom is -0.398 e. The maximum atomic E-state index is 13.0. The molecule has 0 unspecified atom stereocenters. The van der Waals surface area contributed by atoms with Gasteiger partial charge < -0.3 is 22.3 Å². The lowest BCUT2D eigenvalue weighted by molar-refractivity contribution is -0.0918. The number of allylic oxidation sites excluding steroid dienone is 2. The highest BCUT2D eigenvalue weighted by Gasteiger charge is 2.35. The smallest absolute Gasteiger partial charge is 0.398 e. The zero-order chi connectivity index (χ0) is 18.4. The molecule has 3 rings (SSSR count). The third-order valence-corrected chi connectivity index (χ3v) is 4.26. The molecule has 25 heavy (non-hydrogen) atoms. The van der Waals surface area contributed by atoms with Gasteiger partial charge in [-0.1, -0.05) is 0 Å². The highest BCUT2D eigenvalue weighted by molar-refractivity contribution is 6.11. The number of rotatable bonds is 4. The summed E-state index contributed by atoms with van der Waals surface area (Å²) in [6.45, 7) is 0. The minimum absolute atomic E-state index is 0.0000676. The van der Waals surface area contributed by atoms with E-state index >= 15 is 0 Å². The number of hydrogen-bond donors (Lipinski definition) is 4. The largest absolute Gasteiger partial charge is 0.431 e. The number of pyridine rings is 1. The SMILES string of the molecule is N=CC(=C(N)C(F)(F)F)c1cc(C2CC2)c2c(C=N)c(N)ccc2n1. The van der Waals surface area contributed by atoms with Gasteiger partial charge in [-0.2, -0.15) is 13.2 Å². The summed E-state index contributed by atoms with van der Waals surface area (Å²) in [6.07, 6.45) is -1.23. The number of hydrogen-bond acceptors (Lipinski definition) is 5. The van der Waals surface area contributed by atoms with E-state index in [1.54, 1.807) is 12.1 Å². The molecule has 6 N–H and O–H groups in total. The Kier molecular flexibility index (Phi) is 3.98. The van der Waals surface area contributed by atoms with Gasteiger partial charge in [-0.15, -0.1) is 0 Å². The van der Waals surface area contributed by atoms with Crippen LogP contribution < -0.4 is 11.5 Å². The molecule has 1 saturated carbocycles. The lowest BCUT2D eigenvalue weighted by atomic mass is 9.96. The molecule has 130 valence electrons. The normalized spacial score (nSPS) is 15.8. The molecule has 1 aromatic carbocycles. The van der Waals surface area contributed by atoms with Crippen molar-refractivity contribution in [2.45, 2.75) is 24.9 Å². The monoisotopic (exact) mass is 347 g/mol. The number of alkyl halides is 3. The molecule has 1 heterocycles. The summed E-state index contributed by atoms with van der Waals surface area (Å²) in [4.78, 5) is 4.25. The molecule has 0 radical (unpaired) electrons. The zero-order valence-corrected chi connectivity index (χ0v) is 13.1. The summed E-state index contributed by atoms with van der Waals surface area (Å²) in [7, 11) is 0. The predicted octanol–water partition coefficient (Wildman–Crippen LogP) is 3.57. The molecule has 1 aliphatic carbocycles. The molecule has 5 nitrogen and oxygen atoms in total. The topological polar surface area (TPSA) is 113 Å². The van der Waals surface area contributed by atoms with Crippen LogP contribution in [0.5, 0.6) is 0 Å². The van der Waals surface area contributed by atoms with Gasteiger partial charge >= 0.3 is 6.18 Å². The Labute approximate surface area is 141 Å². The first-order chi connectivity index (χ1) is 11.8. The summed E-state index contributed by atoms with van der Waals surface area (Å²) in [5, 5.41) is 15.6. The van der Waals surface area contributed by atoms with Crippen LogP contribution in [0.15, 0.2) is 23.9 Å². The quantitative estimate of drug-likeness (QED) is 0.501. The van der Waals surface area contributed by atoms with E-state index in [9.17, 15) is 13.2 Å². The molecule has 0 saturated heterocycles. The number of nitrogen functional groups attached to an aromatic ring is 1. The first-order valence-electron chi connectivity index (χ1n) is 7.59. The minimum atomic E-state index is -4.75. The van der Waals surface area contributed by atoms with Crippen LogP contribution in [0.25, 0.3) is 16.5 Å². The lowest BCUT2D eigenvalue weighted by Gasteiger charge is -2.15. The van der Waals surface area contributed by atoms with Crippen molar-refractivity contribution in [2.24, 2.45) is 5.73 Å². The molecule has 8 heteroatoms. The van der Waals surface area contributed by atoms with Crippen molar-refractivity contribution in [3.63, 3.8) is 0 Å². The van der Waals surface area contributed by atoms with E-state index in [-0.39, 0.29) is 11.6 Å². The number of aromatic nitrogens is 1. The second-order valence-electron chi connectivity index (χ2n) is 5.95. The Morgan fingerprint density at radius 1 is 1.24 bits per heavy atom. The van der Waals surface area contributed by atoms with Crippen molar-refractivity contribution >= 4 is 34.6 Å². The van der Waals surface area contributed by atoms with Gasteiger partial charge in [-0.05, 0) is 42.5 Å². The van der Waals surface area contributed by atoms with Gasteiger partial charge in [0.1, 0.15) is 5.70 Å². The average molecular weight is 347 g/mol. The average Bonchev–Trinajstić information content (AvgIpc) is 3.39. The molecule has 2 aromatic rings. The highest BCUT2D eigenvalue weighted by Crippen LogP contribution is 2.45. The van der Waals surface area contributed by atoms with Crippen molar-refractivity contribution in [1.82, 2.24) is 4.98 Å². The molecule has 0 atom stereocenters. The highest BCUT2D eigenvalue weighted by atomic mass is 19.4. The Bertz CT molecular complexity index is 911. The van der Waals surface area contributed by atoms with Crippen LogP contribution in [0.1, 0.15) is 35.6 Å². The van der Waals surface area contributed by atoms with E-state index in [4.69, 9.17) is 22.3 Å². The van der Waals surface area contributed by atoms with Crippen molar-refractivity contribution in [3.05, 3.63) is 40.7 Å². The number of nitrogens with zero attached hydrogens (tertiary/aromatic N) is 1. The standard InChI is InChI=1S/C17H16F3N5/c18-17(19,20)16(24)11(7-22)14-5-9(8-1-2-8)15-10(6-21)12(23)3-4-13(15)25-14/h3-8,21-22H,1-2,23-24H2. The maximum absolute atomic E-state index is 13.0. The van der Waals surface area contributed by atoms with Crippen LogP contribution in [0.3, 0.4) is 0 Å². The molecule has 1 fully saturated rings. The first-order valence-corrected chi connectivity index (χ1v) is 7.59. The van der Waals surface area contributed by atoms with E-state index in [1.165, 1.54) is 6.07 Å². The Morgan fingerprint density at radius 2 is 1.92 bits per heavy atom. The van der Waals surface area contributed by atoms with Gasteiger partial charge in [-0.3, -0.25) is 0 Å². The van der Waals surface area contributed by atoms with E-state index in [1.807, 2.05) is 0 Å². The number of anilines is 1. The van der Waals surface area contributed by atoms with Gasteiger partial charge in [0.2, 0.25) is 0 Å². The number of benzene rings is 1. The number of fused-ring (bicyclic) bond motifs is 1. The van der Waals surface area contributed by atoms with Crippen LogP contribution in [-0.4, -0.2) is 23.6 Å². The zero-order valence-electron chi connectivity index (χ0n) is 13.1. The van der Waals surface area contributed by atoms with Gasteiger partial charge in [0.25, 0.3) is 0 Å². The number of nitrogens with one attached hydrogen (secondary N) is 2. The van der Waals surface area contributed by atoms with E-state index in [2.05, 4.69) is 4.98 Å². The van der Waals surface area contributed by atoms with Crippen molar-refractivity contribution in [2.75, 3.05) is 5.73 Å². The molecule has 1 aromatic heterocycles. The first kappa shape index (κ1) is 16.9. The van der Waals surface area contributed by atoms with Crippen LogP contribution >= 0.6 is 0 Å². The van der Waals surface area contributed by atoms with Crippen molar-refractivity contribution in [3.8, 4) is 0 Å². The summed E-state index contributed by atoms with van der Waals surface area (Å²) >= 11 is 0. The third kappa shape index (κ3) is 2.95. The Morgan fingerprint density at radius 3 is 2.44 bits per heavy atom. The fraction of sp³-hybridized carbons (Fsp3) is 0.235. The molecular formula is C17H16F3N5. The number of nitrogens with two attached hydrogens (primary N) is 2. The van der Waals surface area contributed by atoms with Crippen molar-refractivity contribution < 1.29 is 13.2 Å². The second kappa shape index (κ2) is 5.87. The maximum Gasteiger partial charge on any atom is 0.431 e. The van der Waals surface area contributed by atoms with Crippen molar-refractivity contribution in [1.29, 1.82) is 10.8 Å². The van der Waals surface area contributed by atoms with Gasteiger partial charge in [0.15, 0.2) is 0 Å². The van der Waals surface area contributed by atoms with Gasteiger partial charge in [-0.25, -0.2) is 4.98 Å². The molecule has 0 aliphatic heterocycles. The number of halogens is 3. The molecule has 0 bridgehead atoms. The molecular weight excluding hydrogens is 331 g/mol. The molecule has 1 aliphatic rings. The van der Waals surface area contributed by atoms with Crippen LogP contribution in [-0.2, 0) is 0 Å². The summed E-state index contributed by atoms with van der Waals surface area (Å²) in [5.74, 6) is 0.184. The second-order valence-corrected chi connectivity index (χ2v) is 5.95. The predicted molar refractivity (Wildman–Crippen MR) is 92.0 cm³/mol. The Balaban J connectivity index is 2.35. The summed E-state index contributed by atoms with van der Waals surface area (Å²) in [5.41, 5.74) is 11.5. The van der Waals surface area contributed by atoms with E-state index in [0.717, 1.165) is 24.6 Å².